The number of pyridine rings is 1. The molecule has 5 heteroatoms. The maximum Gasteiger partial charge on any atom is 0.221 e. The van der Waals surface area contributed by atoms with E-state index in [9.17, 15) is 4.79 Å². The quantitative estimate of drug-likeness (QED) is 0.904. The number of ether oxygens (including phenoxy) is 1. The lowest BCUT2D eigenvalue weighted by molar-refractivity contribution is -0.114. The molecule has 120 valence electrons. The monoisotopic (exact) mass is 311 g/mol. The van der Waals surface area contributed by atoms with Crippen molar-refractivity contribution in [2.24, 2.45) is 0 Å². The van der Waals surface area contributed by atoms with E-state index in [4.69, 9.17) is 4.74 Å². The fourth-order valence-electron chi connectivity index (χ4n) is 2.76. The van der Waals surface area contributed by atoms with Crippen molar-refractivity contribution in [1.29, 1.82) is 0 Å². The van der Waals surface area contributed by atoms with Crippen molar-refractivity contribution in [3.8, 4) is 11.6 Å². The maximum atomic E-state index is 11.1. The SMILES string of the molecule is CC(=O)Nc1cccc(Oc2ccc([C@H]3CCCCN3)cn2)c1. The number of carbonyl (C=O) groups is 1. The van der Waals surface area contributed by atoms with Crippen LogP contribution in [0, 0.1) is 0 Å². The minimum Gasteiger partial charge on any atom is -0.439 e. The number of carbonyl (C=O) groups excluding carboxylic acids is 1. The van der Waals surface area contributed by atoms with Crippen LogP contribution in [-0.2, 0) is 4.79 Å². The number of aromatic nitrogens is 1. The highest BCUT2D eigenvalue weighted by Gasteiger charge is 2.14. The Morgan fingerprint density at radius 3 is 2.91 bits per heavy atom. The molecule has 1 amide bonds. The number of amides is 1. The highest BCUT2D eigenvalue weighted by Crippen LogP contribution is 2.26. The van der Waals surface area contributed by atoms with Gasteiger partial charge < -0.3 is 15.4 Å². The number of benzene rings is 1. The zero-order chi connectivity index (χ0) is 16.1. The van der Waals surface area contributed by atoms with Crippen LogP contribution in [0.5, 0.6) is 11.6 Å². The van der Waals surface area contributed by atoms with Gasteiger partial charge in [0.2, 0.25) is 11.8 Å². The van der Waals surface area contributed by atoms with Gasteiger partial charge in [-0.1, -0.05) is 18.6 Å². The lowest BCUT2D eigenvalue weighted by Crippen LogP contribution is -2.26. The van der Waals surface area contributed by atoms with E-state index in [0.717, 1.165) is 13.0 Å². The van der Waals surface area contributed by atoms with Gasteiger partial charge in [-0.2, -0.15) is 0 Å². The third kappa shape index (κ3) is 4.29. The van der Waals surface area contributed by atoms with E-state index < -0.39 is 0 Å². The van der Waals surface area contributed by atoms with Crippen molar-refractivity contribution in [1.82, 2.24) is 10.3 Å². The zero-order valence-corrected chi connectivity index (χ0v) is 13.2. The first-order chi connectivity index (χ1) is 11.2. The van der Waals surface area contributed by atoms with Gasteiger partial charge in [0.15, 0.2) is 0 Å². The van der Waals surface area contributed by atoms with Crippen LogP contribution in [-0.4, -0.2) is 17.4 Å². The molecule has 1 saturated heterocycles. The van der Waals surface area contributed by atoms with Crippen molar-refractivity contribution in [2.45, 2.75) is 32.2 Å². The van der Waals surface area contributed by atoms with E-state index in [1.165, 1.54) is 25.3 Å². The normalized spacial score (nSPS) is 17.5. The maximum absolute atomic E-state index is 11.1. The van der Waals surface area contributed by atoms with Crippen LogP contribution in [0.15, 0.2) is 42.6 Å². The molecule has 5 nitrogen and oxygen atoms in total. The van der Waals surface area contributed by atoms with Crippen LogP contribution < -0.4 is 15.4 Å². The molecule has 0 bridgehead atoms. The summed E-state index contributed by atoms with van der Waals surface area (Å²) in [4.78, 5) is 15.5. The Morgan fingerprint density at radius 1 is 1.30 bits per heavy atom. The van der Waals surface area contributed by atoms with Gasteiger partial charge in [-0.3, -0.25) is 4.79 Å². The fourth-order valence-corrected chi connectivity index (χ4v) is 2.76. The van der Waals surface area contributed by atoms with Gasteiger partial charge in [-0.25, -0.2) is 4.98 Å². The van der Waals surface area contributed by atoms with E-state index >= 15 is 0 Å². The lowest BCUT2D eigenvalue weighted by Gasteiger charge is -2.23. The molecule has 1 fully saturated rings. The molecule has 23 heavy (non-hydrogen) atoms. The van der Waals surface area contributed by atoms with Crippen molar-refractivity contribution in [3.05, 3.63) is 48.2 Å². The molecule has 0 spiro atoms. The van der Waals surface area contributed by atoms with E-state index in [2.05, 4.69) is 21.7 Å². The first-order valence-electron chi connectivity index (χ1n) is 7.95. The highest BCUT2D eigenvalue weighted by molar-refractivity contribution is 5.88. The van der Waals surface area contributed by atoms with Gasteiger partial charge >= 0.3 is 0 Å². The van der Waals surface area contributed by atoms with Crippen LogP contribution in [0.2, 0.25) is 0 Å². The average Bonchev–Trinajstić information content (AvgIpc) is 2.56. The second kappa shape index (κ2) is 7.24. The Bertz CT molecular complexity index is 664. The van der Waals surface area contributed by atoms with Crippen LogP contribution in [0.3, 0.4) is 0 Å². The minimum atomic E-state index is -0.107. The van der Waals surface area contributed by atoms with Crippen LogP contribution in [0.1, 0.15) is 37.8 Å². The molecule has 3 rings (SSSR count). The van der Waals surface area contributed by atoms with Gasteiger partial charge in [0.25, 0.3) is 0 Å². The zero-order valence-electron chi connectivity index (χ0n) is 13.2. The second-order valence-electron chi connectivity index (χ2n) is 5.74. The molecule has 2 N–H and O–H groups in total. The molecule has 1 atom stereocenters. The molecule has 2 heterocycles. The van der Waals surface area contributed by atoms with E-state index in [1.807, 2.05) is 30.5 Å². The smallest absolute Gasteiger partial charge is 0.221 e. The number of piperidine rings is 1. The van der Waals surface area contributed by atoms with Crippen LogP contribution >= 0.6 is 0 Å². The molecule has 1 aromatic heterocycles. The first kappa shape index (κ1) is 15.5. The summed E-state index contributed by atoms with van der Waals surface area (Å²) in [6.07, 6.45) is 5.53. The van der Waals surface area contributed by atoms with Crippen LogP contribution in [0.25, 0.3) is 0 Å². The first-order valence-corrected chi connectivity index (χ1v) is 7.95. The van der Waals surface area contributed by atoms with Crippen molar-refractivity contribution < 1.29 is 9.53 Å². The van der Waals surface area contributed by atoms with Gasteiger partial charge in [0.05, 0.1) is 0 Å². The predicted octanol–water partition coefficient (Wildman–Crippen LogP) is 3.65. The molecule has 1 aliphatic heterocycles. The topological polar surface area (TPSA) is 63.2 Å². The summed E-state index contributed by atoms with van der Waals surface area (Å²) in [6, 6.07) is 11.6. The van der Waals surface area contributed by atoms with Crippen molar-refractivity contribution in [2.75, 3.05) is 11.9 Å². The lowest BCUT2D eigenvalue weighted by atomic mass is 9.99. The van der Waals surface area contributed by atoms with E-state index in [-0.39, 0.29) is 5.91 Å². The number of rotatable bonds is 4. The van der Waals surface area contributed by atoms with Gasteiger partial charge in [-0.15, -0.1) is 0 Å². The minimum absolute atomic E-state index is 0.107. The molecular formula is C18H21N3O2. The standard InChI is InChI=1S/C18H21N3O2/c1-13(22)21-15-5-4-6-16(11-15)23-18-9-8-14(12-20-18)17-7-2-3-10-19-17/h4-6,8-9,11-12,17,19H,2-3,7,10H2,1H3,(H,21,22)/t17-/m1/s1. The summed E-state index contributed by atoms with van der Waals surface area (Å²) in [5, 5.41) is 6.24. The van der Waals surface area contributed by atoms with Gasteiger partial charge in [0, 0.05) is 37.0 Å². The Morgan fingerprint density at radius 2 is 2.22 bits per heavy atom. The van der Waals surface area contributed by atoms with Gasteiger partial charge in [0.1, 0.15) is 5.75 Å². The summed E-state index contributed by atoms with van der Waals surface area (Å²) >= 11 is 0. The van der Waals surface area contributed by atoms with Crippen LogP contribution in [0.4, 0.5) is 5.69 Å². The number of nitrogens with one attached hydrogen (secondary N) is 2. The number of nitrogens with zero attached hydrogens (tertiary/aromatic N) is 1. The summed E-state index contributed by atoms with van der Waals surface area (Å²) in [5.74, 6) is 1.08. The Balaban J connectivity index is 1.67. The van der Waals surface area contributed by atoms with E-state index in [0.29, 0.717) is 23.4 Å². The third-order valence-electron chi connectivity index (χ3n) is 3.85. The largest absolute Gasteiger partial charge is 0.439 e. The fraction of sp³-hybridized carbons (Fsp3) is 0.333. The summed E-state index contributed by atoms with van der Waals surface area (Å²) in [5.41, 5.74) is 1.90. The Labute approximate surface area is 136 Å². The molecule has 0 unspecified atom stereocenters. The Kier molecular flexibility index (Phi) is 4.88. The number of hydrogen-bond donors (Lipinski definition) is 2. The van der Waals surface area contributed by atoms with Gasteiger partial charge in [-0.05, 0) is 37.1 Å². The summed E-state index contributed by atoms with van der Waals surface area (Å²) < 4.78 is 5.76. The molecule has 1 aromatic carbocycles. The second-order valence-corrected chi connectivity index (χ2v) is 5.74. The summed E-state index contributed by atoms with van der Waals surface area (Å²) in [6.45, 7) is 2.55. The Hall–Kier alpha value is -2.40. The molecule has 1 aliphatic rings. The number of hydrogen-bond acceptors (Lipinski definition) is 4. The van der Waals surface area contributed by atoms with Crippen molar-refractivity contribution in [3.63, 3.8) is 0 Å². The predicted molar refractivity (Wildman–Crippen MR) is 89.7 cm³/mol. The molecule has 0 aliphatic carbocycles. The molecule has 0 saturated carbocycles. The van der Waals surface area contributed by atoms with Crippen molar-refractivity contribution >= 4 is 11.6 Å². The highest BCUT2D eigenvalue weighted by atomic mass is 16.5. The molecular weight excluding hydrogens is 290 g/mol. The van der Waals surface area contributed by atoms with E-state index in [1.54, 1.807) is 6.07 Å². The average molecular weight is 311 g/mol. The third-order valence-corrected chi connectivity index (χ3v) is 3.85. The molecule has 0 radical (unpaired) electrons. The molecule has 2 aromatic rings. The number of anilines is 1. The summed E-state index contributed by atoms with van der Waals surface area (Å²) in [7, 11) is 0.